The Balaban J connectivity index is 2.57. The van der Waals surface area contributed by atoms with E-state index in [0.717, 1.165) is 0 Å². The lowest BCUT2D eigenvalue weighted by molar-refractivity contribution is -0.124. The Kier molecular flexibility index (Phi) is 3.67. The minimum atomic E-state index is -0.159. The molecule has 1 N–H and O–H groups in total. The van der Waals surface area contributed by atoms with Crippen molar-refractivity contribution in [2.24, 2.45) is 5.92 Å². The molecule has 0 aromatic carbocycles. The van der Waals surface area contributed by atoms with Crippen molar-refractivity contribution in [1.82, 2.24) is 15.5 Å². The number of hydrogen-bond acceptors (Lipinski definition) is 4. The van der Waals surface area contributed by atoms with Gasteiger partial charge in [0.2, 0.25) is 11.8 Å². The summed E-state index contributed by atoms with van der Waals surface area (Å²) in [6, 6.07) is 0. The molecule has 0 saturated heterocycles. The van der Waals surface area contributed by atoms with Gasteiger partial charge in [-0.2, -0.15) is 4.98 Å². The van der Waals surface area contributed by atoms with Crippen LogP contribution in [0, 0.1) is 5.92 Å². The normalized spacial score (nSPS) is 11.9. The smallest absolute Gasteiger partial charge is 0.232 e. The molecule has 0 aliphatic heterocycles. The minimum absolute atomic E-state index is 0.0119. The molecule has 0 saturated carbocycles. The summed E-state index contributed by atoms with van der Waals surface area (Å²) in [7, 11) is 0. The van der Waals surface area contributed by atoms with E-state index in [1.165, 1.54) is 0 Å². The van der Waals surface area contributed by atoms with Crippen molar-refractivity contribution in [3.63, 3.8) is 0 Å². The zero-order chi connectivity index (χ0) is 12.3. The van der Waals surface area contributed by atoms with Crippen molar-refractivity contribution in [3.05, 3.63) is 11.7 Å². The topological polar surface area (TPSA) is 68.0 Å². The van der Waals surface area contributed by atoms with Gasteiger partial charge in [0.25, 0.3) is 0 Å². The van der Waals surface area contributed by atoms with Gasteiger partial charge in [-0.15, -0.1) is 0 Å². The molecule has 0 bridgehead atoms. The molecule has 1 aromatic rings. The van der Waals surface area contributed by atoms with Crippen molar-refractivity contribution >= 4 is 5.91 Å². The largest absolute Gasteiger partial charge is 0.348 e. The van der Waals surface area contributed by atoms with Crippen LogP contribution in [0.15, 0.2) is 4.52 Å². The number of rotatable bonds is 3. The number of amides is 1. The van der Waals surface area contributed by atoms with E-state index in [9.17, 15) is 4.79 Å². The van der Waals surface area contributed by atoms with Crippen LogP contribution in [0.3, 0.4) is 0 Å². The van der Waals surface area contributed by atoms with Crippen molar-refractivity contribution < 1.29 is 9.32 Å². The second-order valence-corrected chi connectivity index (χ2v) is 5.14. The molecule has 5 heteroatoms. The molecule has 1 amide bonds. The molecule has 16 heavy (non-hydrogen) atoms. The number of hydrogen-bond donors (Lipinski definition) is 1. The lowest BCUT2D eigenvalue weighted by atomic mass is 9.97. The molecule has 0 spiro atoms. The number of carbonyl (C=O) groups is 1. The summed E-state index contributed by atoms with van der Waals surface area (Å²) in [6.07, 6.45) is 0. The van der Waals surface area contributed by atoms with Crippen LogP contribution >= 0.6 is 0 Å². The first kappa shape index (κ1) is 12.7. The van der Waals surface area contributed by atoms with Gasteiger partial charge in [0, 0.05) is 11.3 Å². The van der Waals surface area contributed by atoms with Crippen molar-refractivity contribution in [2.45, 2.75) is 46.6 Å². The Bertz CT molecular complexity index is 364. The van der Waals surface area contributed by atoms with Gasteiger partial charge in [0.1, 0.15) is 0 Å². The Labute approximate surface area is 95.6 Å². The highest BCUT2D eigenvalue weighted by molar-refractivity contribution is 5.77. The van der Waals surface area contributed by atoms with Gasteiger partial charge in [0.15, 0.2) is 5.82 Å². The first-order chi connectivity index (χ1) is 7.30. The number of carbonyl (C=O) groups excluding carboxylic acids is 1. The van der Waals surface area contributed by atoms with E-state index in [1.807, 2.05) is 34.6 Å². The first-order valence-electron chi connectivity index (χ1n) is 5.41. The van der Waals surface area contributed by atoms with Crippen LogP contribution in [-0.2, 0) is 16.8 Å². The Morgan fingerprint density at radius 1 is 1.44 bits per heavy atom. The lowest BCUT2D eigenvalue weighted by Gasteiger charge is -2.10. The summed E-state index contributed by atoms with van der Waals surface area (Å²) in [6.45, 7) is 9.99. The Morgan fingerprint density at radius 2 is 2.06 bits per heavy atom. The monoisotopic (exact) mass is 225 g/mol. The van der Waals surface area contributed by atoms with E-state index in [1.54, 1.807) is 0 Å². The summed E-state index contributed by atoms with van der Waals surface area (Å²) in [4.78, 5) is 15.5. The van der Waals surface area contributed by atoms with E-state index in [4.69, 9.17) is 4.52 Å². The van der Waals surface area contributed by atoms with Crippen LogP contribution in [0.4, 0.5) is 0 Å². The Hall–Kier alpha value is -1.39. The standard InChI is InChI=1S/C11H19N3O2/c1-7(2)9(15)12-6-8-13-10(16-14-8)11(3,4)5/h7H,6H2,1-5H3,(H,12,15). The maximum atomic E-state index is 11.3. The maximum Gasteiger partial charge on any atom is 0.232 e. The van der Waals surface area contributed by atoms with E-state index >= 15 is 0 Å². The molecule has 5 nitrogen and oxygen atoms in total. The van der Waals surface area contributed by atoms with Crippen LogP contribution in [0.2, 0.25) is 0 Å². The van der Waals surface area contributed by atoms with Crippen molar-refractivity contribution in [3.8, 4) is 0 Å². The summed E-state index contributed by atoms with van der Waals surface area (Å²) in [5.74, 6) is 1.05. The van der Waals surface area contributed by atoms with Crippen LogP contribution < -0.4 is 5.32 Å². The molecule has 0 radical (unpaired) electrons. The zero-order valence-electron chi connectivity index (χ0n) is 10.5. The minimum Gasteiger partial charge on any atom is -0.348 e. The molecule has 0 aliphatic rings. The predicted molar refractivity (Wildman–Crippen MR) is 59.7 cm³/mol. The third kappa shape index (κ3) is 3.32. The maximum absolute atomic E-state index is 11.3. The van der Waals surface area contributed by atoms with E-state index < -0.39 is 0 Å². The molecular weight excluding hydrogens is 206 g/mol. The molecule has 1 rings (SSSR count). The van der Waals surface area contributed by atoms with E-state index in [0.29, 0.717) is 18.3 Å². The first-order valence-corrected chi connectivity index (χ1v) is 5.41. The average molecular weight is 225 g/mol. The fourth-order valence-electron chi connectivity index (χ4n) is 1.00. The van der Waals surface area contributed by atoms with Gasteiger partial charge < -0.3 is 9.84 Å². The fourth-order valence-corrected chi connectivity index (χ4v) is 1.00. The molecule has 1 aromatic heterocycles. The van der Waals surface area contributed by atoms with Gasteiger partial charge >= 0.3 is 0 Å². The van der Waals surface area contributed by atoms with Gasteiger partial charge in [-0.3, -0.25) is 4.79 Å². The lowest BCUT2D eigenvalue weighted by Crippen LogP contribution is -2.27. The van der Waals surface area contributed by atoms with Gasteiger partial charge in [0.05, 0.1) is 6.54 Å². The quantitative estimate of drug-likeness (QED) is 0.849. The van der Waals surface area contributed by atoms with Crippen molar-refractivity contribution in [1.29, 1.82) is 0 Å². The highest BCUT2D eigenvalue weighted by Crippen LogP contribution is 2.19. The molecule has 0 aliphatic carbocycles. The molecule has 0 fully saturated rings. The van der Waals surface area contributed by atoms with Crippen LogP contribution in [0.5, 0.6) is 0 Å². The van der Waals surface area contributed by atoms with E-state index in [2.05, 4.69) is 15.5 Å². The summed E-state index contributed by atoms with van der Waals surface area (Å²) in [5, 5.41) is 6.55. The van der Waals surface area contributed by atoms with Crippen LogP contribution in [0.1, 0.15) is 46.3 Å². The second-order valence-electron chi connectivity index (χ2n) is 5.14. The summed E-state index contributed by atoms with van der Waals surface area (Å²) >= 11 is 0. The fraction of sp³-hybridized carbons (Fsp3) is 0.727. The molecule has 1 heterocycles. The van der Waals surface area contributed by atoms with E-state index in [-0.39, 0.29) is 17.2 Å². The number of nitrogens with zero attached hydrogens (tertiary/aromatic N) is 2. The predicted octanol–water partition coefficient (Wildman–Crippen LogP) is 1.64. The molecule has 0 unspecified atom stereocenters. The van der Waals surface area contributed by atoms with Gasteiger partial charge in [-0.25, -0.2) is 0 Å². The highest BCUT2D eigenvalue weighted by atomic mass is 16.5. The second kappa shape index (κ2) is 4.63. The number of aromatic nitrogens is 2. The van der Waals surface area contributed by atoms with Crippen LogP contribution in [0.25, 0.3) is 0 Å². The highest BCUT2D eigenvalue weighted by Gasteiger charge is 2.21. The SMILES string of the molecule is CC(C)C(=O)NCc1noc(C(C)(C)C)n1. The summed E-state index contributed by atoms with van der Waals surface area (Å²) < 4.78 is 5.11. The number of nitrogens with one attached hydrogen (secondary N) is 1. The molecular formula is C11H19N3O2. The molecule has 0 atom stereocenters. The molecule has 90 valence electrons. The van der Waals surface area contributed by atoms with Gasteiger partial charge in [-0.05, 0) is 0 Å². The van der Waals surface area contributed by atoms with Gasteiger partial charge in [-0.1, -0.05) is 39.8 Å². The zero-order valence-corrected chi connectivity index (χ0v) is 10.5. The summed E-state index contributed by atoms with van der Waals surface area (Å²) in [5.41, 5.74) is -0.159. The average Bonchev–Trinajstić information content (AvgIpc) is 2.61. The van der Waals surface area contributed by atoms with Crippen LogP contribution in [-0.4, -0.2) is 16.0 Å². The third-order valence-electron chi connectivity index (χ3n) is 2.05. The Morgan fingerprint density at radius 3 is 2.50 bits per heavy atom. The third-order valence-corrected chi connectivity index (χ3v) is 2.05. The van der Waals surface area contributed by atoms with Crippen molar-refractivity contribution in [2.75, 3.05) is 0 Å².